The molecule has 2 rings (SSSR count). The lowest BCUT2D eigenvalue weighted by molar-refractivity contribution is 0.0368. The third-order valence-corrected chi connectivity index (χ3v) is 3.22. The van der Waals surface area contributed by atoms with Gasteiger partial charge in [0.1, 0.15) is 6.07 Å². The smallest absolute Gasteiger partial charge is 0.101 e. The molecule has 5 nitrogen and oxygen atoms in total. The van der Waals surface area contributed by atoms with E-state index in [1.807, 2.05) is 12.1 Å². The van der Waals surface area contributed by atoms with Crippen molar-refractivity contribution in [3.8, 4) is 6.07 Å². The van der Waals surface area contributed by atoms with E-state index in [1.54, 1.807) is 6.07 Å². The first-order valence-corrected chi connectivity index (χ1v) is 6.55. The molecule has 1 heterocycles. The first-order valence-electron chi connectivity index (χ1n) is 6.55. The second-order valence-electron chi connectivity index (χ2n) is 4.87. The number of hydrogen-bond donors (Lipinski definition) is 2. The van der Waals surface area contributed by atoms with Gasteiger partial charge in [0.2, 0.25) is 0 Å². The second kappa shape index (κ2) is 6.41. The number of rotatable bonds is 4. The average Bonchev–Trinajstić information content (AvgIpc) is 2.40. The van der Waals surface area contributed by atoms with Gasteiger partial charge in [0.15, 0.2) is 0 Å². The molecule has 0 spiro atoms. The van der Waals surface area contributed by atoms with Gasteiger partial charge in [-0.1, -0.05) is 0 Å². The number of nitrogens with one attached hydrogen (secondary N) is 1. The molecule has 102 valence electrons. The van der Waals surface area contributed by atoms with Crippen molar-refractivity contribution in [2.45, 2.75) is 13.0 Å². The minimum atomic E-state index is 0.324. The first kappa shape index (κ1) is 13.7. The van der Waals surface area contributed by atoms with Gasteiger partial charge >= 0.3 is 0 Å². The monoisotopic (exact) mass is 260 g/mol. The molecule has 3 N–H and O–H groups in total. The molecule has 1 atom stereocenters. The highest BCUT2D eigenvalue weighted by molar-refractivity contribution is 5.62. The molecule has 1 unspecified atom stereocenters. The van der Waals surface area contributed by atoms with Crippen molar-refractivity contribution in [2.75, 3.05) is 43.9 Å². The van der Waals surface area contributed by atoms with Gasteiger partial charge in [-0.25, -0.2) is 0 Å². The average molecular weight is 260 g/mol. The summed E-state index contributed by atoms with van der Waals surface area (Å²) in [5.41, 5.74) is 7.80. The van der Waals surface area contributed by atoms with Crippen molar-refractivity contribution in [1.29, 1.82) is 5.26 Å². The third kappa shape index (κ3) is 3.85. The van der Waals surface area contributed by atoms with Crippen LogP contribution < -0.4 is 11.1 Å². The van der Waals surface area contributed by atoms with E-state index in [0.29, 0.717) is 17.3 Å². The van der Waals surface area contributed by atoms with Gasteiger partial charge in [-0.05, 0) is 25.1 Å². The van der Waals surface area contributed by atoms with Crippen LogP contribution in [0.2, 0.25) is 0 Å². The summed E-state index contributed by atoms with van der Waals surface area (Å²) in [6.07, 6.45) is 0. The van der Waals surface area contributed by atoms with Gasteiger partial charge in [-0.2, -0.15) is 5.26 Å². The highest BCUT2D eigenvalue weighted by atomic mass is 16.5. The van der Waals surface area contributed by atoms with Crippen molar-refractivity contribution >= 4 is 11.4 Å². The van der Waals surface area contributed by atoms with Gasteiger partial charge in [0, 0.05) is 31.4 Å². The number of morpholine rings is 1. The molecule has 0 bridgehead atoms. The zero-order valence-electron chi connectivity index (χ0n) is 11.2. The number of anilines is 2. The standard InChI is InChI=1S/C14H20N4O/c1-11(10-18-4-6-19-7-5-18)17-13-3-2-12(9-15)14(16)8-13/h2-3,8,11,17H,4-7,10,16H2,1H3. The van der Waals surface area contributed by atoms with Crippen LogP contribution in [0.5, 0.6) is 0 Å². The summed E-state index contributed by atoms with van der Waals surface area (Å²) in [5.74, 6) is 0. The van der Waals surface area contributed by atoms with Crippen LogP contribution in [0.15, 0.2) is 18.2 Å². The number of benzene rings is 1. The molecule has 1 aromatic rings. The summed E-state index contributed by atoms with van der Waals surface area (Å²) in [6.45, 7) is 6.73. The Hall–Kier alpha value is -1.77. The molecule has 0 aromatic heterocycles. The van der Waals surface area contributed by atoms with Crippen molar-refractivity contribution in [3.05, 3.63) is 23.8 Å². The van der Waals surface area contributed by atoms with E-state index in [-0.39, 0.29) is 0 Å². The summed E-state index contributed by atoms with van der Waals surface area (Å²) < 4.78 is 5.33. The Morgan fingerprint density at radius 1 is 1.47 bits per heavy atom. The SMILES string of the molecule is CC(CN1CCOCC1)Nc1ccc(C#N)c(N)c1. The molecule has 5 heteroatoms. The Balaban J connectivity index is 1.89. The lowest BCUT2D eigenvalue weighted by atomic mass is 10.1. The summed E-state index contributed by atoms with van der Waals surface area (Å²) in [5, 5.41) is 12.2. The molecular formula is C14H20N4O. The van der Waals surface area contributed by atoms with Crippen molar-refractivity contribution < 1.29 is 4.74 Å². The van der Waals surface area contributed by atoms with Crippen LogP contribution in [0.4, 0.5) is 11.4 Å². The van der Waals surface area contributed by atoms with Crippen LogP contribution in [-0.2, 0) is 4.74 Å². The summed E-state index contributed by atoms with van der Waals surface area (Å²) in [6, 6.07) is 7.85. The Bertz CT molecular complexity index is 463. The fraction of sp³-hybridized carbons (Fsp3) is 0.500. The quantitative estimate of drug-likeness (QED) is 0.798. The maximum absolute atomic E-state index is 8.84. The fourth-order valence-corrected chi connectivity index (χ4v) is 2.26. The highest BCUT2D eigenvalue weighted by Gasteiger charge is 2.13. The van der Waals surface area contributed by atoms with Crippen LogP contribution in [0, 0.1) is 11.3 Å². The Morgan fingerprint density at radius 3 is 2.84 bits per heavy atom. The zero-order chi connectivity index (χ0) is 13.7. The Kier molecular flexibility index (Phi) is 4.61. The van der Waals surface area contributed by atoms with Crippen LogP contribution in [-0.4, -0.2) is 43.8 Å². The molecule has 0 radical (unpaired) electrons. The van der Waals surface area contributed by atoms with E-state index in [9.17, 15) is 0 Å². The van der Waals surface area contributed by atoms with Crippen molar-refractivity contribution in [2.24, 2.45) is 0 Å². The predicted octanol–water partition coefficient (Wildman–Crippen LogP) is 1.27. The van der Waals surface area contributed by atoms with Crippen molar-refractivity contribution in [1.82, 2.24) is 4.90 Å². The molecule has 0 aliphatic carbocycles. The number of nitrogen functional groups attached to an aromatic ring is 1. The Labute approximate surface area is 114 Å². The maximum Gasteiger partial charge on any atom is 0.101 e. The largest absolute Gasteiger partial charge is 0.398 e. The normalized spacial score (nSPS) is 17.7. The summed E-state index contributed by atoms with van der Waals surface area (Å²) in [7, 11) is 0. The topological polar surface area (TPSA) is 74.3 Å². The van der Waals surface area contributed by atoms with E-state index >= 15 is 0 Å². The fourth-order valence-electron chi connectivity index (χ4n) is 2.26. The molecule has 1 aromatic carbocycles. The minimum absolute atomic E-state index is 0.324. The third-order valence-electron chi connectivity index (χ3n) is 3.22. The van der Waals surface area contributed by atoms with Crippen molar-refractivity contribution in [3.63, 3.8) is 0 Å². The highest BCUT2D eigenvalue weighted by Crippen LogP contribution is 2.18. The maximum atomic E-state index is 8.84. The molecule has 1 aliphatic heterocycles. The molecule has 1 aliphatic rings. The number of nitrogens with two attached hydrogens (primary N) is 1. The van der Waals surface area contributed by atoms with Gasteiger partial charge in [0.05, 0.1) is 24.5 Å². The van der Waals surface area contributed by atoms with E-state index in [0.717, 1.165) is 38.5 Å². The molecule has 0 saturated carbocycles. The number of hydrogen-bond acceptors (Lipinski definition) is 5. The first-order chi connectivity index (χ1) is 9.19. The van der Waals surface area contributed by atoms with Crippen LogP contribution >= 0.6 is 0 Å². The van der Waals surface area contributed by atoms with E-state index in [2.05, 4.69) is 23.2 Å². The second-order valence-corrected chi connectivity index (χ2v) is 4.87. The van der Waals surface area contributed by atoms with Gasteiger partial charge in [-0.3, -0.25) is 4.90 Å². The van der Waals surface area contributed by atoms with Crippen LogP contribution in [0.3, 0.4) is 0 Å². The van der Waals surface area contributed by atoms with Gasteiger partial charge in [0.25, 0.3) is 0 Å². The minimum Gasteiger partial charge on any atom is -0.398 e. The molecular weight excluding hydrogens is 240 g/mol. The van der Waals surface area contributed by atoms with Crippen LogP contribution in [0.25, 0.3) is 0 Å². The molecule has 19 heavy (non-hydrogen) atoms. The number of nitriles is 1. The zero-order valence-corrected chi connectivity index (χ0v) is 11.2. The molecule has 0 amide bonds. The van der Waals surface area contributed by atoms with Crippen LogP contribution in [0.1, 0.15) is 12.5 Å². The molecule has 1 fully saturated rings. The van der Waals surface area contributed by atoms with Gasteiger partial charge in [-0.15, -0.1) is 0 Å². The number of ether oxygens (including phenoxy) is 1. The predicted molar refractivity (Wildman–Crippen MR) is 75.9 cm³/mol. The van der Waals surface area contributed by atoms with Gasteiger partial charge < -0.3 is 15.8 Å². The summed E-state index contributed by atoms with van der Waals surface area (Å²) in [4.78, 5) is 2.38. The van der Waals surface area contributed by atoms with E-state index < -0.39 is 0 Å². The number of nitrogens with zero attached hydrogens (tertiary/aromatic N) is 2. The van der Waals surface area contributed by atoms with E-state index in [4.69, 9.17) is 15.7 Å². The molecule has 1 saturated heterocycles. The van der Waals surface area contributed by atoms with E-state index in [1.165, 1.54) is 0 Å². The summed E-state index contributed by atoms with van der Waals surface area (Å²) >= 11 is 0. The lowest BCUT2D eigenvalue weighted by Crippen LogP contribution is -2.42. The lowest BCUT2D eigenvalue weighted by Gasteiger charge is -2.29. The Morgan fingerprint density at radius 2 is 2.21 bits per heavy atom.